The van der Waals surface area contributed by atoms with Gasteiger partial charge in [0.2, 0.25) is 0 Å². The molecule has 1 saturated carbocycles. The van der Waals surface area contributed by atoms with Crippen LogP contribution >= 0.6 is 11.3 Å². The Bertz CT molecular complexity index is 1360. The van der Waals surface area contributed by atoms with Crippen LogP contribution in [0.15, 0.2) is 72.8 Å². The third-order valence-corrected chi connectivity index (χ3v) is 9.47. The SMILES string of the molecule is Cc1cccc(C)c1Nc1ccccc1C1C(C)C(C)C2c3c(sc4ccccc34)C=CC12. The number of para-hydroxylation sites is 2. The molecule has 0 aliphatic heterocycles. The van der Waals surface area contributed by atoms with Gasteiger partial charge in [-0.25, -0.2) is 0 Å². The Hall–Kier alpha value is -2.84. The number of hydrogen-bond acceptors (Lipinski definition) is 2. The van der Waals surface area contributed by atoms with Gasteiger partial charge in [0.25, 0.3) is 0 Å². The molecule has 33 heavy (non-hydrogen) atoms. The van der Waals surface area contributed by atoms with Crippen molar-refractivity contribution in [2.24, 2.45) is 17.8 Å². The van der Waals surface area contributed by atoms with Gasteiger partial charge in [-0.1, -0.05) is 74.5 Å². The van der Waals surface area contributed by atoms with Crippen molar-refractivity contribution in [1.82, 2.24) is 0 Å². The normalized spacial score (nSPS) is 25.8. The molecule has 0 bridgehead atoms. The second-order valence-electron chi connectivity index (χ2n) is 10.1. The number of allylic oxidation sites excluding steroid dienone is 1. The number of fused-ring (bicyclic) bond motifs is 5. The minimum absolute atomic E-state index is 0.501. The largest absolute Gasteiger partial charge is 0.355 e. The zero-order chi connectivity index (χ0) is 22.7. The molecule has 1 heterocycles. The summed E-state index contributed by atoms with van der Waals surface area (Å²) < 4.78 is 1.42. The number of hydrogen-bond donors (Lipinski definition) is 1. The highest BCUT2D eigenvalue weighted by molar-refractivity contribution is 7.20. The molecule has 5 unspecified atom stereocenters. The van der Waals surface area contributed by atoms with E-state index < -0.39 is 0 Å². The quantitative estimate of drug-likeness (QED) is 0.329. The number of thiophene rings is 1. The molecule has 0 spiro atoms. The maximum absolute atomic E-state index is 3.84. The van der Waals surface area contributed by atoms with E-state index in [1.54, 1.807) is 5.56 Å². The lowest BCUT2D eigenvalue weighted by molar-refractivity contribution is 0.403. The molecule has 0 saturated heterocycles. The minimum Gasteiger partial charge on any atom is -0.355 e. The van der Waals surface area contributed by atoms with Crippen LogP contribution in [0.5, 0.6) is 0 Å². The van der Waals surface area contributed by atoms with Crippen molar-refractivity contribution in [3.63, 3.8) is 0 Å². The van der Waals surface area contributed by atoms with E-state index in [2.05, 4.69) is 112 Å². The molecule has 1 nitrogen and oxygen atoms in total. The minimum atomic E-state index is 0.501. The highest BCUT2D eigenvalue weighted by Crippen LogP contribution is 2.61. The van der Waals surface area contributed by atoms with Gasteiger partial charge >= 0.3 is 0 Å². The summed E-state index contributed by atoms with van der Waals surface area (Å²) in [7, 11) is 0. The Balaban J connectivity index is 1.45. The van der Waals surface area contributed by atoms with Gasteiger partial charge in [-0.3, -0.25) is 0 Å². The van der Waals surface area contributed by atoms with Crippen molar-refractivity contribution in [3.8, 4) is 0 Å². The Labute approximate surface area is 201 Å². The molecule has 166 valence electrons. The summed E-state index contributed by atoms with van der Waals surface area (Å²) >= 11 is 1.96. The summed E-state index contributed by atoms with van der Waals surface area (Å²) in [5.74, 6) is 2.85. The Morgan fingerprint density at radius 1 is 0.758 bits per heavy atom. The molecule has 2 aliphatic rings. The second-order valence-corrected chi connectivity index (χ2v) is 11.1. The van der Waals surface area contributed by atoms with Crippen LogP contribution in [-0.2, 0) is 0 Å². The number of anilines is 2. The lowest BCUT2D eigenvalue weighted by Gasteiger charge is -2.29. The van der Waals surface area contributed by atoms with E-state index in [1.165, 1.54) is 43.0 Å². The van der Waals surface area contributed by atoms with E-state index in [0.29, 0.717) is 29.6 Å². The third-order valence-electron chi connectivity index (χ3n) is 8.32. The number of benzene rings is 3. The van der Waals surface area contributed by atoms with Crippen molar-refractivity contribution in [1.29, 1.82) is 0 Å². The standard InChI is InChI=1S/C31H31NS/c1-18-10-9-11-19(2)31(18)32-25-14-7-5-12-22(25)28-20(3)21(4)29-24(28)16-17-27-30(29)23-13-6-8-15-26(23)33-27/h5-17,20-21,24,28-29,32H,1-4H3. The zero-order valence-corrected chi connectivity index (χ0v) is 20.6. The monoisotopic (exact) mass is 449 g/mol. The smallest absolute Gasteiger partial charge is 0.0443 e. The van der Waals surface area contributed by atoms with Crippen molar-refractivity contribution >= 4 is 38.9 Å². The molecule has 5 atom stereocenters. The molecular weight excluding hydrogens is 418 g/mol. The predicted molar refractivity (Wildman–Crippen MR) is 144 cm³/mol. The van der Waals surface area contributed by atoms with Gasteiger partial charge in [0, 0.05) is 21.0 Å². The molecule has 3 aromatic carbocycles. The molecule has 2 heteroatoms. The van der Waals surface area contributed by atoms with Gasteiger partial charge in [-0.2, -0.15) is 0 Å². The summed E-state index contributed by atoms with van der Waals surface area (Å²) in [6.07, 6.45) is 4.95. The number of rotatable bonds is 3. The van der Waals surface area contributed by atoms with Gasteiger partial charge in [0.15, 0.2) is 0 Å². The zero-order valence-electron chi connectivity index (χ0n) is 19.8. The third kappa shape index (κ3) is 3.19. The van der Waals surface area contributed by atoms with Gasteiger partial charge in [0.1, 0.15) is 0 Å². The topological polar surface area (TPSA) is 12.0 Å². The first-order valence-corrected chi connectivity index (χ1v) is 13.0. The van der Waals surface area contributed by atoms with Crippen LogP contribution in [-0.4, -0.2) is 0 Å². The summed E-state index contributed by atoms with van der Waals surface area (Å²) in [5, 5.41) is 5.31. The number of aryl methyl sites for hydroxylation is 2. The predicted octanol–water partition coefficient (Wildman–Crippen LogP) is 9.06. The van der Waals surface area contributed by atoms with Crippen LogP contribution in [0.25, 0.3) is 16.2 Å². The summed E-state index contributed by atoms with van der Waals surface area (Å²) in [4.78, 5) is 1.47. The van der Waals surface area contributed by atoms with Crippen LogP contribution in [0.4, 0.5) is 11.4 Å². The molecule has 2 aliphatic carbocycles. The van der Waals surface area contributed by atoms with E-state index in [1.807, 2.05) is 11.3 Å². The van der Waals surface area contributed by atoms with Gasteiger partial charge < -0.3 is 5.32 Å². The first kappa shape index (κ1) is 20.7. The van der Waals surface area contributed by atoms with E-state index in [4.69, 9.17) is 0 Å². The summed E-state index contributed by atoms with van der Waals surface area (Å²) in [6, 6.07) is 24.5. The lowest BCUT2D eigenvalue weighted by atomic mass is 9.76. The summed E-state index contributed by atoms with van der Waals surface area (Å²) in [6.45, 7) is 9.35. The average Bonchev–Trinajstić information content (AvgIpc) is 3.32. The van der Waals surface area contributed by atoms with Crippen molar-refractivity contribution in [3.05, 3.63) is 99.9 Å². The molecule has 4 aromatic rings. The van der Waals surface area contributed by atoms with Crippen LogP contribution in [0.1, 0.15) is 52.8 Å². The molecule has 1 fully saturated rings. The van der Waals surface area contributed by atoms with Crippen molar-refractivity contribution < 1.29 is 0 Å². The Morgan fingerprint density at radius 2 is 1.45 bits per heavy atom. The van der Waals surface area contributed by atoms with Gasteiger partial charge in [-0.05, 0) is 89.3 Å². The first-order valence-electron chi connectivity index (χ1n) is 12.2. The average molecular weight is 450 g/mol. The molecule has 0 amide bonds. The Morgan fingerprint density at radius 3 is 2.27 bits per heavy atom. The fourth-order valence-corrected chi connectivity index (χ4v) is 7.74. The van der Waals surface area contributed by atoms with Gasteiger partial charge in [-0.15, -0.1) is 11.3 Å². The lowest BCUT2D eigenvalue weighted by Crippen LogP contribution is -2.16. The van der Waals surface area contributed by atoms with Crippen molar-refractivity contribution in [2.75, 3.05) is 5.32 Å². The Kier molecular flexibility index (Phi) is 4.96. The highest BCUT2D eigenvalue weighted by atomic mass is 32.1. The summed E-state index contributed by atoms with van der Waals surface area (Å²) in [5.41, 5.74) is 8.15. The van der Waals surface area contributed by atoms with E-state index in [0.717, 1.165) is 0 Å². The fourth-order valence-electron chi connectivity index (χ4n) is 6.56. The second kappa shape index (κ2) is 7.88. The van der Waals surface area contributed by atoms with E-state index in [9.17, 15) is 0 Å². The van der Waals surface area contributed by atoms with Crippen LogP contribution in [0.2, 0.25) is 0 Å². The first-order chi connectivity index (χ1) is 16.0. The molecule has 0 radical (unpaired) electrons. The molecule has 1 N–H and O–H groups in total. The van der Waals surface area contributed by atoms with Crippen LogP contribution in [0.3, 0.4) is 0 Å². The van der Waals surface area contributed by atoms with Crippen LogP contribution < -0.4 is 5.32 Å². The fraction of sp³-hybridized carbons (Fsp3) is 0.290. The van der Waals surface area contributed by atoms with Crippen LogP contribution in [0, 0.1) is 31.6 Å². The highest BCUT2D eigenvalue weighted by Gasteiger charge is 2.49. The van der Waals surface area contributed by atoms with Crippen molar-refractivity contribution in [2.45, 2.75) is 39.5 Å². The van der Waals surface area contributed by atoms with E-state index in [-0.39, 0.29) is 0 Å². The maximum Gasteiger partial charge on any atom is 0.0443 e. The molecule has 6 rings (SSSR count). The van der Waals surface area contributed by atoms with Gasteiger partial charge in [0.05, 0.1) is 0 Å². The molecule has 1 aromatic heterocycles. The number of nitrogens with one attached hydrogen (secondary N) is 1. The maximum atomic E-state index is 3.84. The van der Waals surface area contributed by atoms with E-state index >= 15 is 0 Å². The molecular formula is C31H31NS.